The molecule has 4 nitrogen and oxygen atoms in total. The van der Waals surface area contributed by atoms with Crippen LogP contribution in [0.15, 0.2) is 340 Å². The monoisotopic (exact) mass is 1190 g/mol. The normalized spacial score (nSPS) is 12.2. The van der Waals surface area contributed by atoms with Gasteiger partial charge in [-0.15, -0.1) is 0 Å². The molecule has 16 rings (SSSR count). The maximum Gasteiger partial charge on any atom is 0.0725 e. The molecule has 0 saturated heterocycles. The van der Waals surface area contributed by atoms with Crippen molar-refractivity contribution in [2.24, 2.45) is 0 Å². The predicted octanol–water partition coefficient (Wildman–Crippen LogP) is 24.5. The minimum Gasteiger partial charge on any atom is -0.310 e. The third-order valence-corrected chi connectivity index (χ3v) is 18.8. The fraction of sp³-hybridized carbons (Fsp3) is 0.0562. The van der Waals surface area contributed by atoms with Gasteiger partial charge in [-0.1, -0.05) is 216 Å². The summed E-state index contributed by atoms with van der Waals surface area (Å²) in [7, 11) is 0. The van der Waals surface area contributed by atoms with Crippen molar-refractivity contribution in [1.29, 1.82) is 0 Å². The second-order valence-electron chi connectivity index (χ2n) is 24.9. The maximum atomic E-state index is 2.53. The third-order valence-electron chi connectivity index (χ3n) is 18.8. The molecule has 1 spiro atoms. The van der Waals surface area contributed by atoms with Crippen molar-refractivity contribution >= 4 is 68.2 Å². The number of rotatable bonds is 14. The van der Waals surface area contributed by atoms with Crippen molar-refractivity contribution in [3.8, 4) is 44.5 Å². The zero-order valence-corrected chi connectivity index (χ0v) is 52.6. The molecule has 0 bridgehead atoms. The molecule has 0 fully saturated rings. The minimum absolute atomic E-state index is 0.670. The molecule has 0 radical (unpaired) electrons. The average Bonchev–Trinajstić information content (AvgIpc) is 1.51. The Labute approximate surface area is 546 Å². The first-order valence-electron chi connectivity index (χ1n) is 32.2. The summed E-state index contributed by atoms with van der Waals surface area (Å²) >= 11 is 0. The van der Waals surface area contributed by atoms with Gasteiger partial charge >= 0.3 is 0 Å². The van der Waals surface area contributed by atoms with E-state index in [0.717, 1.165) is 90.5 Å². The number of aryl methyl sites for hydroxylation is 4. The summed E-state index contributed by atoms with van der Waals surface area (Å²) in [6.45, 7) is 8.62. The van der Waals surface area contributed by atoms with Crippen molar-refractivity contribution < 1.29 is 0 Å². The molecule has 14 aromatic rings. The van der Waals surface area contributed by atoms with Crippen LogP contribution in [-0.4, -0.2) is 0 Å². The predicted molar refractivity (Wildman–Crippen MR) is 391 cm³/mol. The van der Waals surface area contributed by atoms with Crippen molar-refractivity contribution in [3.63, 3.8) is 0 Å². The zero-order valence-electron chi connectivity index (χ0n) is 52.6. The first-order valence-corrected chi connectivity index (χ1v) is 32.2. The van der Waals surface area contributed by atoms with E-state index in [1.165, 1.54) is 66.8 Å². The van der Waals surface area contributed by atoms with Gasteiger partial charge in [-0.25, -0.2) is 0 Å². The number of anilines is 12. The highest BCUT2D eigenvalue weighted by Gasteiger charge is 2.52. The number of hydrogen-bond donors (Lipinski definition) is 0. The number of para-hydroxylation sites is 4. The lowest BCUT2D eigenvalue weighted by atomic mass is 9.70. The van der Waals surface area contributed by atoms with Crippen molar-refractivity contribution in [2.45, 2.75) is 33.1 Å². The number of benzene rings is 14. The second kappa shape index (κ2) is 23.6. The lowest BCUT2D eigenvalue weighted by Gasteiger charge is -2.32. The molecule has 0 N–H and O–H groups in total. The lowest BCUT2D eigenvalue weighted by Crippen LogP contribution is -2.26. The van der Waals surface area contributed by atoms with Gasteiger partial charge < -0.3 is 19.6 Å². The van der Waals surface area contributed by atoms with Crippen LogP contribution in [-0.2, 0) is 5.41 Å². The SMILES string of the molecule is Cc1ccc(N(c2ccccc2)c2cc(-c3ccc4c(c3)C3(c5ccccc5-4)c4ccccc4-c4ccc(-c5cc(N(c6ccccc6)c6ccc(C)cc6)cc(N(c6ccccc6)c6ccc(C)cc6)c5)cc43)cc(N(c3ccccc3)c3ccc(C)cc3)c2)cc1. The van der Waals surface area contributed by atoms with Crippen molar-refractivity contribution in [1.82, 2.24) is 0 Å². The Kier molecular flexibility index (Phi) is 14.3. The molecule has 0 amide bonds. The first-order chi connectivity index (χ1) is 45.7. The zero-order chi connectivity index (χ0) is 62.6. The summed E-state index contributed by atoms with van der Waals surface area (Å²) in [5.41, 5.74) is 31.6. The maximum absolute atomic E-state index is 2.53. The molecule has 0 aromatic heterocycles. The van der Waals surface area contributed by atoms with Gasteiger partial charge in [0.2, 0.25) is 0 Å². The van der Waals surface area contributed by atoms with Crippen LogP contribution in [0.25, 0.3) is 44.5 Å². The Morgan fingerprint density at radius 2 is 0.409 bits per heavy atom. The largest absolute Gasteiger partial charge is 0.310 e. The Balaban J connectivity index is 0.932. The summed E-state index contributed by atoms with van der Waals surface area (Å²) in [6, 6.07) is 126. The van der Waals surface area contributed by atoms with Crippen LogP contribution in [0.3, 0.4) is 0 Å². The fourth-order valence-corrected chi connectivity index (χ4v) is 14.4. The van der Waals surface area contributed by atoms with Gasteiger partial charge in [-0.3, -0.25) is 0 Å². The Morgan fingerprint density at radius 3 is 0.688 bits per heavy atom. The molecule has 2 aliphatic rings. The van der Waals surface area contributed by atoms with Gasteiger partial charge in [0.15, 0.2) is 0 Å². The highest BCUT2D eigenvalue weighted by molar-refractivity contribution is 5.98. The first kappa shape index (κ1) is 56.5. The summed E-state index contributed by atoms with van der Waals surface area (Å²) in [4.78, 5) is 9.61. The minimum atomic E-state index is -0.670. The molecule has 2 aliphatic carbocycles. The van der Waals surface area contributed by atoms with Crippen molar-refractivity contribution in [2.75, 3.05) is 19.6 Å². The molecule has 0 saturated carbocycles. The fourth-order valence-electron chi connectivity index (χ4n) is 14.4. The van der Waals surface area contributed by atoms with E-state index < -0.39 is 5.41 Å². The van der Waals surface area contributed by atoms with Gasteiger partial charge in [-0.2, -0.15) is 0 Å². The summed E-state index contributed by atoms with van der Waals surface area (Å²) < 4.78 is 0. The lowest BCUT2D eigenvalue weighted by molar-refractivity contribution is 0.794. The van der Waals surface area contributed by atoms with Crippen LogP contribution < -0.4 is 19.6 Å². The molecular weight excluding hydrogens is 1130 g/mol. The van der Waals surface area contributed by atoms with E-state index in [9.17, 15) is 0 Å². The quantitative estimate of drug-likeness (QED) is 0.108. The number of hydrogen-bond acceptors (Lipinski definition) is 4. The molecular formula is C89H68N4. The summed E-state index contributed by atoms with van der Waals surface area (Å²) in [5.74, 6) is 0. The highest BCUT2D eigenvalue weighted by Crippen LogP contribution is 2.64. The molecule has 4 heteroatoms. The molecule has 0 atom stereocenters. The summed E-state index contributed by atoms with van der Waals surface area (Å²) in [6.07, 6.45) is 0. The van der Waals surface area contributed by atoms with E-state index in [1.807, 2.05) is 0 Å². The standard InChI is InChI=1S/C89H68N4/c1-61-33-43-73(44-34-61)90(69-21-9-5-10-22-69)77-53-67(54-78(59-77)91(70-23-11-6-12-24-70)74-45-35-62(2)36-46-74)65-41-51-83-81-29-17-19-31-85(81)89(87(83)57-65)86-32-20-18-30-82(86)84-52-42-66(58-88(84)89)68-55-79(92(71-25-13-7-14-26-71)75-47-37-63(3)38-48-75)60-80(56-68)93(72-27-15-8-16-28-72)76-49-39-64(4)40-50-76/h5-60H,1-4H3. The van der Waals surface area contributed by atoms with E-state index >= 15 is 0 Å². The number of nitrogens with zero attached hydrogens (tertiary/aromatic N) is 4. The van der Waals surface area contributed by atoms with Crippen LogP contribution in [0.4, 0.5) is 68.2 Å². The van der Waals surface area contributed by atoms with Gasteiger partial charge in [0, 0.05) is 68.2 Å². The van der Waals surface area contributed by atoms with Crippen LogP contribution in [0, 0.1) is 27.7 Å². The average molecular weight is 1190 g/mol. The Morgan fingerprint density at radius 1 is 0.172 bits per heavy atom. The van der Waals surface area contributed by atoms with Gasteiger partial charge in [0.25, 0.3) is 0 Å². The summed E-state index contributed by atoms with van der Waals surface area (Å²) in [5, 5.41) is 0. The third kappa shape index (κ3) is 10.1. The van der Waals surface area contributed by atoms with Crippen LogP contribution in [0.1, 0.15) is 44.5 Å². The van der Waals surface area contributed by atoms with Crippen LogP contribution in [0.5, 0.6) is 0 Å². The molecule has 93 heavy (non-hydrogen) atoms. The highest BCUT2D eigenvalue weighted by atomic mass is 15.2. The topological polar surface area (TPSA) is 13.0 Å². The molecule has 0 heterocycles. The molecule has 14 aromatic carbocycles. The van der Waals surface area contributed by atoms with E-state index in [-0.39, 0.29) is 0 Å². The Hall–Kier alpha value is -11.7. The number of fused-ring (bicyclic) bond motifs is 10. The molecule has 0 aliphatic heterocycles. The van der Waals surface area contributed by atoms with E-state index in [2.05, 4.69) is 387 Å². The van der Waals surface area contributed by atoms with Crippen molar-refractivity contribution in [3.05, 3.63) is 384 Å². The van der Waals surface area contributed by atoms with Crippen LogP contribution >= 0.6 is 0 Å². The van der Waals surface area contributed by atoms with E-state index in [1.54, 1.807) is 0 Å². The smallest absolute Gasteiger partial charge is 0.0725 e. The van der Waals surface area contributed by atoms with Gasteiger partial charge in [0.05, 0.1) is 5.41 Å². The van der Waals surface area contributed by atoms with E-state index in [0.29, 0.717) is 0 Å². The van der Waals surface area contributed by atoms with E-state index in [4.69, 9.17) is 0 Å². The molecule has 0 unspecified atom stereocenters. The van der Waals surface area contributed by atoms with Crippen LogP contribution in [0.2, 0.25) is 0 Å². The van der Waals surface area contributed by atoms with Gasteiger partial charge in [-0.05, 0) is 240 Å². The second-order valence-corrected chi connectivity index (χ2v) is 24.9. The van der Waals surface area contributed by atoms with Gasteiger partial charge in [0.1, 0.15) is 0 Å². The Bertz CT molecular complexity index is 4510. The molecule has 444 valence electrons.